The Morgan fingerprint density at radius 2 is 2.06 bits per heavy atom. The maximum atomic E-state index is 13.0. The van der Waals surface area contributed by atoms with Crippen LogP contribution in [-0.4, -0.2) is 24.4 Å². The van der Waals surface area contributed by atoms with Crippen molar-refractivity contribution >= 4 is 27.7 Å². The standard InChI is InChI=1S/C12H14BrFN2O2/c1-7(2)16-11(17)6-15-12(18)8-3-4-10(14)9(13)5-8/h3-5,7H,6H2,1-2H3,(H,15,18)(H,16,17). The van der Waals surface area contributed by atoms with Gasteiger partial charge in [0, 0.05) is 11.6 Å². The summed E-state index contributed by atoms with van der Waals surface area (Å²) in [6, 6.07) is 3.93. The van der Waals surface area contributed by atoms with Crippen LogP contribution >= 0.6 is 15.9 Å². The van der Waals surface area contributed by atoms with Crippen LogP contribution in [0.4, 0.5) is 4.39 Å². The molecule has 2 amide bonds. The van der Waals surface area contributed by atoms with Crippen molar-refractivity contribution in [2.24, 2.45) is 0 Å². The van der Waals surface area contributed by atoms with E-state index in [0.29, 0.717) is 5.56 Å². The molecular formula is C12H14BrFN2O2. The number of halogens is 2. The first kappa shape index (κ1) is 14.6. The minimum absolute atomic E-state index is 0.0226. The Labute approximate surface area is 113 Å². The fraction of sp³-hybridized carbons (Fsp3) is 0.333. The Kier molecular flexibility index (Phi) is 5.27. The summed E-state index contributed by atoms with van der Waals surface area (Å²) in [6.45, 7) is 3.56. The minimum Gasteiger partial charge on any atom is -0.352 e. The zero-order valence-corrected chi connectivity index (χ0v) is 11.7. The molecule has 0 unspecified atom stereocenters. The van der Waals surface area contributed by atoms with Gasteiger partial charge >= 0.3 is 0 Å². The van der Waals surface area contributed by atoms with E-state index in [2.05, 4.69) is 26.6 Å². The number of benzene rings is 1. The van der Waals surface area contributed by atoms with E-state index in [-0.39, 0.29) is 23.0 Å². The van der Waals surface area contributed by atoms with Crippen LogP contribution in [0.5, 0.6) is 0 Å². The average Bonchev–Trinajstić information content (AvgIpc) is 2.28. The molecule has 2 N–H and O–H groups in total. The Balaban J connectivity index is 2.55. The lowest BCUT2D eigenvalue weighted by atomic mass is 10.2. The molecule has 0 aromatic heterocycles. The van der Waals surface area contributed by atoms with Crippen molar-refractivity contribution in [1.29, 1.82) is 0 Å². The van der Waals surface area contributed by atoms with Gasteiger partial charge in [0.05, 0.1) is 11.0 Å². The lowest BCUT2D eigenvalue weighted by Gasteiger charge is -2.09. The van der Waals surface area contributed by atoms with Crippen molar-refractivity contribution in [3.8, 4) is 0 Å². The first-order chi connectivity index (χ1) is 8.40. The van der Waals surface area contributed by atoms with E-state index in [4.69, 9.17) is 0 Å². The second kappa shape index (κ2) is 6.49. The van der Waals surface area contributed by atoms with Crippen LogP contribution in [0.1, 0.15) is 24.2 Å². The number of nitrogens with one attached hydrogen (secondary N) is 2. The number of rotatable bonds is 4. The highest BCUT2D eigenvalue weighted by Gasteiger charge is 2.10. The van der Waals surface area contributed by atoms with E-state index in [1.165, 1.54) is 18.2 Å². The van der Waals surface area contributed by atoms with Gasteiger partial charge in [0.25, 0.3) is 5.91 Å². The number of hydrogen-bond donors (Lipinski definition) is 2. The van der Waals surface area contributed by atoms with Crippen LogP contribution in [0, 0.1) is 5.82 Å². The molecule has 0 aliphatic rings. The number of carbonyl (C=O) groups excluding carboxylic acids is 2. The molecule has 1 aromatic rings. The molecule has 0 spiro atoms. The molecule has 98 valence electrons. The highest BCUT2D eigenvalue weighted by molar-refractivity contribution is 9.10. The van der Waals surface area contributed by atoms with Gasteiger partial charge in [0.15, 0.2) is 0 Å². The molecule has 0 heterocycles. The highest BCUT2D eigenvalue weighted by atomic mass is 79.9. The van der Waals surface area contributed by atoms with Gasteiger partial charge in [0.2, 0.25) is 5.91 Å². The fourth-order valence-corrected chi connectivity index (χ4v) is 1.65. The molecule has 0 bridgehead atoms. The van der Waals surface area contributed by atoms with Crippen molar-refractivity contribution in [2.75, 3.05) is 6.54 Å². The first-order valence-electron chi connectivity index (χ1n) is 5.42. The van der Waals surface area contributed by atoms with E-state index in [9.17, 15) is 14.0 Å². The first-order valence-corrected chi connectivity index (χ1v) is 6.22. The van der Waals surface area contributed by atoms with E-state index in [1.54, 1.807) is 0 Å². The maximum absolute atomic E-state index is 13.0. The van der Waals surface area contributed by atoms with Gasteiger partial charge in [0.1, 0.15) is 5.82 Å². The second-order valence-corrected chi connectivity index (χ2v) is 4.89. The number of hydrogen-bond acceptors (Lipinski definition) is 2. The van der Waals surface area contributed by atoms with Crippen LogP contribution in [0.15, 0.2) is 22.7 Å². The summed E-state index contributed by atoms with van der Waals surface area (Å²) in [5.74, 6) is -1.13. The predicted octanol–water partition coefficient (Wildman–Crippen LogP) is 1.84. The van der Waals surface area contributed by atoms with Crippen molar-refractivity contribution < 1.29 is 14.0 Å². The molecular weight excluding hydrogens is 303 g/mol. The molecule has 6 heteroatoms. The smallest absolute Gasteiger partial charge is 0.251 e. The fourth-order valence-electron chi connectivity index (χ4n) is 1.27. The summed E-state index contributed by atoms with van der Waals surface area (Å²) < 4.78 is 13.2. The summed E-state index contributed by atoms with van der Waals surface area (Å²) in [6.07, 6.45) is 0. The monoisotopic (exact) mass is 316 g/mol. The SMILES string of the molecule is CC(C)NC(=O)CNC(=O)c1ccc(F)c(Br)c1. The van der Waals surface area contributed by atoms with Gasteiger partial charge in [-0.3, -0.25) is 9.59 Å². The van der Waals surface area contributed by atoms with Crippen molar-refractivity contribution in [2.45, 2.75) is 19.9 Å². The lowest BCUT2D eigenvalue weighted by molar-refractivity contribution is -0.120. The summed E-state index contributed by atoms with van der Waals surface area (Å²) in [7, 11) is 0. The van der Waals surface area contributed by atoms with E-state index < -0.39 is 11.7 Å². The van der Waals surface area contributed by atoms with Crippen molar-refractivity contribution in [3.05, 3.63) is 34.1 Å². The third-order valence-electron chi connectivity index (χ3n) is 2.04. The van der Waals surface area contributed by atoms with Crippen LogP contribution < -0.4 is 10.6 Å². The van der Waals surface area contributed by atoms with Gasteiger partial charge in [-0.15, -0.1) is 0 Å². The van der Waals surface area contributed by atoms with E-state index in [1.807, 2.05) is 13.8 Å². The third kappa shape index (κ3) is 4.44. The number of carbonyl (C=O) groups is 2. The van der Waals surface area contributed by atoms with Gasteiger partial charge in [-0.25, -0.2) is 4.39 Å². The molecule has 0 radical (unpaired) electrons. The highest BCUT2D eigenvalue weighted by Crippen LogP contribution is 2.16. The van der Waals surface area contributed by atoms with E-state index in [0.717, 1.165) is 0 Å². The van der Waals surface area contributed by atoms with Gasteiger partial charge < -0.3 is 10.6 Å². The summed E-state index contributed by atoms with van der Waals surface area (Å²) >= 11 is 2.99. The van der Waals surface area contributed by atoms with Gasteiger partial charge in [-0.05, 0) is 48.0 Å². The van der Waals surface area contributed by atoms with Gasteiger partial charge in [-0.1, -0.05) is 0 Å². The number of amides is 2. The molecule has 1 rings (SSSR count). The Bertz CT molecular complexity index is 463. The predicted molar refractivity (Wildman–Crippen MR) is 69.7 cm³/mol. The summed E-state index contributed by atoms with van der Waals surface area (Å²) in [5.41, 5.74) is 0.292. The second-order valence-electron chi connectivity index (χ2n) is 4.03. The molecule has 0 saturated carbocycles. The summed E-state index contributed by atoms with van der Waals surface area (Å²) in [4.78, 5) is 23.0. The normalized spacial score (nSPS) is 10.3. The third-order valence-corrected chi connectivity index (χ3v) is 2.65. The van der Waals surface area contributed by atoms with Crippen molar-refractivity contribution in [3.63, 3.8) is 0 Å². The summed E-state index contributed by atoms with van der Waals surface area (Å²) in [5, 5.41) is 5.10. The topological polar surface area (TPSA) is 58.2 Å². The molecule has 4 nitrogen and oxygen atoms in total. The zero-order valence-electron chi connectivity index (χ0n) is 10.1. The molecule has 1 aromatic carbocycles. The van der Waals surface area contributed by atoms with Crippen LogP contribution in [0.3, 0.4) is 0 Å². The molecule has 0 atom stereocenters. The largest absolute Gasteiger partial charge is 0.352 e. The van der Waals surface area contributed by atoms with Gasteiger partial charge in [-0.2, -0.15) is 0 Å². The maximum Gasteiger partial charge on any atom is 0.251 e. The molecule has 0 saturated heterocycles. The van der Waals surface area contributed by atoms with Crippen molar-refractivity contribution in [1.82, 2.24) is 10.6 Å². The van der Waals surface area contributed by atoms with Crippen LogP contribution in [0.25, 0.3) is 0 Å². The van der Waals surface area contributed by atoms with Crippen LogP contribution in [-0.2, 0) is 4.79 Å². The molecule has 0 aliphatic heterocycles. The van der Waals surface area contributed by atoms with E-state index >= 15 is 0 Å². The quantitative estimate of drug-likeness (QED) is 0.890. The van der Waals surface area contributed by atoms with Crippen LogP contribution in [0.2, 0.25) is 0 Å². The molecule has 18 heavy (non-hydrogen) atoms. The Hall–Kier alpha value is -1.43. The molecule has 0 fully saturated rings. The molecule has 0 aliphatic carbocycles. The average molecular weight is 317 g/mol. The Morgan fingerprint density at radius 1 is 1.39 bits per heavy atom. The Morgan fingerprint density at radius 3 is 2.61 bits per heavy atom. The lowest BCUT2D eigenvalue weighted by Crippen LogP contribution is -2.39. The zero-order chi connectivity index (χ0) is 13.7. The minimum atomic E-state index is -0.441.